The number of carboxylic acids is 1. The number of rotatable bonds is 6. The molecule has 0 bridgehead atoms. The zero-order valence-electron chi connectivity index (χ0n) is 12.4. The predicted octanol–water partition coefficient (Wildman–Crippen LogP) is 3.12. The summed E-state index contributed by atoms with van der Waals surface area (Å²) < 4.78 is 5.02. The Morgan fingerprint density at radius 3 is 2.58 bits per heavy atom. The Morgan fingerprint density at radius 1 is 1.29 bits per heavy atom. The molecule has 0 heterocycles. The van der Waals surface area contributed by atoms with Crippen molar-refractivity contribution in [2.24, 2.45) is 0 Å². The molecule has 0 atom stereocenters. The number of carbonyl (C=O) groups is 1. The van der Waals surface area contributed by atoms with E-state index in [9.17, 15) is 20.2 Å². The number of ether oxygens (including phenoxy) is 1. The van der Waals surface area contributed by atoms with Crippen LogP contribution in [0.2, 0.25) is 0 Å². The summed E-state index contributed by atoms with van der Waals surface area (Å²) in [5.74, 6) is -0.681. The first-order valence-corrected chi connectivity index (χ1v) is 6.81. The third-order valence-corrected chi connectivity index (χ3v) is 3.04. The van der Waals surface area contributed by atoms with Crippen LogP contribution in [0.1, 0.15) is 11.1 Å². The molecule has 0 fully saturated rings. The number of benzene rings is 2. The number of nitro benzene ring substituents is 1. The maximum absolute atomic E-state index is 10.8. The zero-order valence-corrected chi connectivity index (χ0v) is 12.4. The van der Waals surface area contributed by atoms with E-state index in [1.54, 1.807) is 36.4 Å². The van der Waals surface area contributed by atoms with Crippen LogP contribution in [0.15, 0.2) is 48.5 Å². The summed E-state index contributed by atoms with van der Waals surface area (Å²) in [5, 5.41) is 28.7. The number of nitro groups is 1. The van der Waals surface area contributed by atoms with Gasteiger partial charge in [0.15, 0.2) is 6.61 Å². The first kappa shape index (κ1) is 16.7. The van der Waals surface area contributed by atoms with E-state index in [1.165, 1.54) is 18.2 Å². The molecule has 120 valence electrons. The second-order valence-corrected chi connectivity index (χ2v) is 4.73. The molecule has 2 aromatic carbocycles. The highest BCUT2D eigenvalue weighted by Gasteiger charge is 2.09. The highest BCUT2D eigenvalue weighted by molar-refractivity contribution is 5.90. The molecule has 0 amide bonds. The molecular weight excluding hydrogens is 312 g/mol. The van der Waals surface area contributed by atoms with Gasteiger partial charge in [0.2, 0.25) is 0 Å². The second kappa shape index (κ2) is 7.56. The molecule has 1 N–H and O–H groups in total. The van der Waals surface area contributed by atoms with Crippen molar-refractivity contribution in [2.75, 3.05) is 6.61 Å². The lowest BCUT2D eigenvalue weighted by Crippen LogP contribution is -2.09. The van der Waals surface area contributed by atoms with E-state index in [0.29, 0.717) is 16.9 Å². The summed E-state index contributed by atoms with van der Waals surface area (Å²) in [6.07, 6.45) is 1.58. The quantitative estimate of drug-likeness (QED) is 0.378. The maximum Gasteiger partial charge on any atom is 0.341 e. The Bertz CT molecular complexity index is 835. The lowest BCUT2D eigenvalue weighted by molar-refractivity contribution is -0.384. The summed E-state index contributed by atoms with van der Waals surface area (Å²) in [7, 11) is 0. The molecule has 2 rings (SSSR count). The second-order valence-electron chi connectivity index (χ2n) is 4.73. The zero-order chi connectivity index (χ0) is 17.5. The number of aliphatic carboxylic acids is 1. The molecule has 0 aliphatic heterocycles. The molecule has 2 aromatic rings. The molecule has 0 saturated carbocycles. The largest absolute Gasteiger partial charge is 0.482 e. The van der Waals surface area contributed by atoms with Crippen LogP contribution in [-0.4, -0.2) is 22.6 Å². The fraction of sp³-hybridized carbons (Fsp3) is 0.0588. The van der Waals surface area contributed by atoms with Crippen LogP contribution < -0.4 is 4.74 Å². The van der Waals surface area contributed by atoms with Gasteiger partial charge in [-0.3, -0.25) is 10.1 Å². The van der Waals surface area contributed by atoms with Gasteiger partial charge >= 0.3 is 5.97 Å². The Morgan fingerprint density at radius 2 is 2.00 bits per heavy atom. The monoisotopic (exact) mass is 324 g/mol. The van der Waals surface area contributed by atoms with E-state index >= 15 is 0 Å². The van der Waals surface area contributed by atoms with Gasteiger partial charge in [0, 0.05) is 12.1 Å². The van der Waals surface area contributed by atoms with Crippen molar-refractivity contribution in [1.29, 1.82) is 5.26 Å². The summed E-state index contributed by atoms with van der Waals surface area (Å²) in [6.45, 7) is -0.438. The van der Waals surface area contributed by atoms with Gasteiger partial charge in [-0.05, 0) is 29.3 Å². The minimum atomic E-state index is -1.07. The third kappa shape index (κ3) is 4.42. The van der Waals surface area contributed by atoms with E-state index in [-0.39, 0.29) is 11.3 Å². The normalized spacial score (nSPS) is 10.7. The molecule has 0 saturated heterocycles. The molecule has 7 nitrogen and oxygen atoms in total. The van der Waals surface area contributed by atoms with Gasteiger partial charge in [-0.2, -0.15) is 5.26 Å². The molecule has 0 spiro atoms. The molecule has 0 unspecified atom stereocenters. The Labute approximate surface area is 137 Å². The molecular formula is C17H12N2O5. The summed E-state index contributed by atoms with van der Waals surface area (Å²) >= 11 is 0. The predicted molar refractivity (Wildman–Crippen MR) is 86.2 cm³/mol. The fourth-order valence-corrected chi connectivity index (χ4v) is 1.94. The van der Waals surface area contributed by atoms with Crippen molar-refractivity contribution in [3.63, 3.8) is 0 Å². The Balaban J connectivity index is 2.24. The molecule has 0 aliphatic carbocycles. The van der Waals surface area contributed by atoms with Crippen molar-refractivity contribution in [2.45, 2.75) is 0 Å². The van der Waals surface area contributed by atoms with E-state index in [1.807, 2.05) is 6.07 Å². The topological polar surface area (TPSA) is 113 Å². The molecule has 24 heavy (non-hydrogen) atoms. The van der Waals surface area contributed by atoms with E-state index in [2.05, 4.69) is 0 Å². The number of hydrogen-bond acceptors (Lipinski definition) is 5. The first-order valence-electron chi connectivity index (χ1n) is 6.81. The number of nitrogens with zero attached hydrogens (tertiary/aromatic N) is 2. The van der Waals surface area contributed by atoms with E-state index in [0.717, 1.165) is 0 Å². The van der Waals surface area contributed by atoms with Crippen LogP contribution in [0.5, 0.6) is 5.75 Å². The summed E-state index contributed by atoms with van der Waals surface area (Å²) in [5.41, 5.74) is 1.31. The van der Waals surface area contributed by atoms with Gasteiger partial charge in [0.05, 0.1) is 16.6 Å². The van der Waals surface area contributed by atoms with Crippen LogP contribution in [0.3, 0.4) is 0 Å². The molecule has 0 aliphatic rings. The number of allylic oxidation sites excluding steroid dienone is 1. The van der Waals surface area contributed by atoms with Crippen molar-refractivity contribution < 1.29 is 19.6 Å². The van der Waals surface area contributed by atoms with Gasteiger partial charge in [-0.25, -0.2) is 4.79 Å². The van der Waals surface area contributed by atoms with E-state index < -0.39 is 17.5 Å². The van der Waals surface area contributed by atoms with Gasteiger partial charge in [0.1, 0.15) is 5.75 Å². The van der Waals surface area contributed by atoms with Crippen molar-refractivity contribution in [3.8, 4) is 11.8 Å². The number of carboxylic acid groups (broad SMARTS) is 1. The average molecular weight is 324 g/mol. The Kier molecular flexibility index (Phi) is 5.26. The molecule has 0 aromatic heterocycles. The molecule has 7 heteroatoms. The standard InChI is InChI=1S/C17H12N2O5/c18-10-14(13-2-1-3-15(9-13)19(22)23)8-12-4-6-16(7-5-12)24-11-17(20)21/h1-9H,11H2,(H,20,21). The van der Waals surface area contributed by atoms with Gasteiger partial charge < -0.3 is 9.84 Å². The Hall–Kier alpha value is -3.66. The maximum atomic E-state index is 10.8. The lowest BCUT2D eigenvalue weighted by Gasteiger charge is -2.04. The van der Waals surface area contributed by atoms with Crippen LogP contribution >= 0.6 is 0 Å². The van der Waals surface area contributed by atoms with Crippen LogP contribution in [0.4, 0.5) is 5.69 Å². The lowest BCUT2D eigenvalue weighted by atomic mass is 10.0. The number of hydrogen-bond donors (Lipinski definition) is 1. The van der Waals surface area contributed by atoms with Crippen molar-refractivity contribution >= 4 is 23.3 Å². The third-order valence-electron chi connectivity index (χ3n) is 3.04. The minimum absolute atomic E-state index is 0.0916. The highest BCUT2D eigenvalue weighted by atomic mass is 16.6. The minimum Gasteiger partial charge on any atom is -0.482 e. The van der Waals surface area contributed by atoms with Gasteiger partial charge in [-0.1, -0.05) is 24.3 Å². The number of non-ortho nitro benzene ring substituents is 1. The summed E-state index contributed by atoms with van der Waals surface area (Å²) in [6, 6.07) is 14.3. The number of nitriles is 1. The van der Waals surface area contributed by atoms with Gasteiger partial charge in [0.25, 0.3) is 5.69 Å². The van der Waals surface area contributed by atoms with Crippen LogP contribution in [-0.2, 0) is 4.79 Å². The van der Waals surface area contributed by atoms with Crippen LogP contribution in [0, 0.1) is 21.4 Å². The summed E-state index contributed by atoms with van der Waals surface area (Å²) in [4.78, 5) is 20.7. The fourth-order valence-electron chi connectivity index (χ4n) is 1.94. The van der Waals surface area contributed by atoms with E-state index in [4.69, 9.17) is 9.84 Å². The first-order chi connectivity index (χ1) is 11.5. The average Bonchev–Trinajstić information content (AvgIpc) is 2.59. The van der Waals surface area contributed by atoms with Gasteiger partial charge in [-0.15, -0.1) is 0 Å². The molecule has 0 radical (unpaired) electrons. The highest BCUT2D eigenvalue weighted by Crippen LogP contribution is 2.23. The van der Waals surface area contributed by atoms with Crippen LogP contribution in [0.25, 0.3) is 11.6 Å². The smallest absolute Gasteiger partial charge is 0.341 e. The van der Waals surface area contributed by atoms with Crippen molar-refractivity contribution in [3.05, 3.63) is 69.8 Å². The van der Waals surface area contributed by atoms with Crippen molar-refractivity contribution in [1.82, 2.24) is 0 Å². The SMILES string of the molecule is N#CC(=Cc1ccc(OCC(=O)O)cc1)c1cccc([N+](=O)[O-])c1.